The maximum absolute atomic E-state index is 13.4. The van der Waals surface area contributed by atoms with Gasteiger partial charge in [0.2, 0.25) is 11.8 Å². The van der Waals surface area contributed by atoms with E-state index in [0.717, 1.165) is 0 Å². The lowest BCUT2D eigenvalue weighted by Gasteiger charge is -2.44. The largest absolute Gasteiger partial charge is 0.508 e. The first-order valence-electron chi connectivity index (χ1n) is 11.6. The highest BCUT2D eigenvalue weighted by atomic mass is 32.2. The normalized spacial score (nSPS) is 22.3. The molecule has 0 bridgehead atoms. The van der Waals surface area contributed by atoms with Crippen LogP contribution in [0.3, 0.4) is 0 Å². The molecule has 3 heterocycles. The maximum atomic E-state index is 13.4. The number of β-lactam (4-membered cyclic amide) rings is 1. The summed E-state index contributed by atoms with van der Waals surface area (Å²) in [6.07, 6.45) is 0. The molecule has 2 saturated heterocycles. The smallest absolute Gasteiger partial charge is 0.349 e. The molecule has 0 aliphatic carbocycles. The van der Waals surface area contributed by atoms with E-state index in [2.05, 4.69) is 10.6 Å². The number of hydrogen-bond acceptors (Lipinski definition) is 8. The number of carbonyl (C=O) groups excluding carboxylic acids is 3. The molecular formula is C26H23N3O8S. The van der Waals surface area contributed by atoms with E-state index in [-0.39, 0.29) is 16.9 Å². The summed E-state index contributed by atoms with van der Waals surface area (Å²) in [6.45, 7) is 3.45. The Kier molecular flexibility index (Phi) is 6.14. The van der Waals surface area contributed by atoms with E-state index < -0.39 is 57.6 Å². The van der Waals surface area contributed by atoms with Crippen molar-refractivity contribution in [1.29, 1.82) is 0 Å². The number of nitrogens with one attached hydrogen (secondary N) is 2. The molecule has 4 atom stereocenters. The molecule has 3 amide bonds. The van der Waals surface area contributed by atoms with Gasteiger partial charge >= 0.3 is 11.6 Å². The second kappa shape index (κ2) is 9.21. The maximum Gasteiger partial charge on any atom is 0.349 e. The summed E-state index contributed by atoms with van der Waals surface area (Å²) in [5.41, 5.74) is -0.735. The van der Waals surface area contributed by atoms with E-state index in [0.29, 0.717) is 10.9 Å². The van der Waals surface area contributed by atoms with Gasteiger partial charge in [0.05, 0.1) is 0 Å². The van der Waals surface area contributed by atoms with Gasteiger partial charge in [-0.3, -0.25) is 14.4 Å². The number of thioether (sulfide) groups is 1. The monoisotopic (exact) mass is 537 g/mol. The Hall–Kier alpha value is -4.32. The Bertz CT molecular complexity index is 1540. The van der Waals surface area contributed by atoms with Crippen LogP contribution in [0.2, 0.25) is 0 Å². The Morgan fingerprint density at radius 2 is 1.79 bits per heavy atom. The SMILES string of the molecule is CC1(C)S[C@@H]2[C@H](NC(=O)C(NC(=O)c3cc4cc(O)ccc4oc3=O)c3ccccc3)C(=O)N2[C@H]1C(=O)O. The van der Waals surface area contributed by atoms with Crippen LogP contribution in [-0.4, -0.2) is 61.0 Å². The fourth-order valence-electron chi connectivity index (χ4n) is 4.81. The van der Waals surface area contributed by atoms with Gasteiger partial charge in [0.15, 0.2) is 0 Å². The predicted octanol–water partition coefficient (Wildman–Crippen LogP) is 1.60. The van der Waals surface area contributed by atoms with Gasteiger partial charge in [0.1, 0.15) is 40.4 Å². The number of aliphatic carboxylic acids is 1. The number of phenols is 1. The molecule has 2 fully saturated rings. The number of carboxylic acid groups (broad SMARTS) is 1. The molecule has 0 spiro atoms. The van der Waals surface area contributed by atoms with Crippen LogP contribution in [0.15, 0.2) is 63.8 Å². The Balaban J connectivity index is 1.40. The van der Waals surface area contributed by atoms with Gasteiger partial charge in [0, 0.05) is 10.1 Å². The fraction of sp³-hybridized carbons (Fsp3) is 0.269. The number of phenolic OH excluding ortho intramolecular Hbond substituents is 1. The zero-order chi connectivity index (χ0) is 27.4. The molecular weight excluding hydrogens is 514 g/mol. The first kappa shape index (κ1) is 25.3. The van der Waals surface area contributed by atoms with Crippen molar-refractivity contribution in [1.82, 2.24) is 15.5 Å². The quantitative estimate of drug-likeness (QED) is 0.270. The van der Waals surface area contributed by atoms with Crippen molar-refractivity contribution in [2.24, 2.45) is 0 Å². The number of carbonyl (C=O) groups is 4. The molecule has 196 valence electrons. The number of carboxylic acids is 1. The molecule has 1 aromatic heterocycles. The molecule has 38 heavy (non-hydrogen) atoms. The van der Waals surface area contributed by atoms with Crippen molar-refractivity contribution in [2.45, 2.75) is 42.1 Å². The molecule has 4 N–H and O–H groups in total. The third kappa shape index (κ3) is 4.26. The minimum Gasteiger partial charge on any atom is -0.508 e. The average Bonchev–Trinajstić information content (AvgIpc) is 3.13. The van der Waals surface area contributed by atoms with Crippen molar-refractivity contribution in [3.05, 3.63) is 76.1 Å². The number of aromatic hydroxyl groups is 1. The van der Waals surface area contributed by atoms with Gasteiger partial charge in [0.25, 0.3) is 5.91 Å². The van der Waals surface area contributed by atoms with Crippen molar-refractivity contribution >= 4 is 46.4 Å². The second-order valence-electron chi connectivity index (χ2n) is 9.57. The summed E-state index contributed by atoms with van der Waals surface area (Å²) in [4.78, 5) is 64.9. The van der Waals surface area contributed by atoms with Crippen molar-refractivity contribution in [3.63, 3.8) is 0 Å². The van der Waals surface area contributed by atoms with Crippen molar-refractivity contribution in [2.75, 3.05) is 0 Å². The highest BCUT2D eigenvalue weighted by molar-refractivity contribution is 8.01. The van der Waals surface area contributed by atoms with Crippen LogP contribution in [0.25, 0.3) is 11.0 Å². The minimum atomic E-state index is -1.28. The Labute approximate surface area is 219 Å². The molecule has 11 nitrogen and oxygen atoms in total. The lowest BCUT2D eigenvalue weighted by Crippen LogP contribution is -2.71. The van der Waals surface area contributed by atoms with Gasteiger partial charge in [-0.2, -0.15) is 0 Å². The highest BCUT2D eigenvalue weighted by Crippen LogP contribution is 2.50. The summed E-state index contributed by atoms with van der Waals surface area (Å²) >= 11 is 1.28. The molecule has 0 radical (unpaired) electrons. The molecule has 1 unspecified atom stereocenters. The lowest BCUT2D eigenvalue weighted by molar-refractivity contribution is -0.161. The summed E-state index contributed by atoms with van der Waals surface area (Å²) < 4.78 is 4.42. The van der Waals surface area contributed by atoms with Crippen LogP contribution in [0.1, 0.15) is 35.8 Å². The van der Waals surface area contributed by atoms with E-state index in [1.807, 2.05) is 0 Å². The summed E-state index contributed by atoms with van der Waals surface area (Å²) in [5.74, 6) is -3.34. The Morgan fingerprint density at radius 3 is 2.47 bits per heavy atom. The molecule has 2 aliphatic rings. The van der Waals surface area contributed by atoms with Gasteiger partial charge in [-0.05, 0) is 43.7 Å². The lowest BCUT2D eigenvalue weighted by atomic mass is 9.95. The first-order chi connectivity index (χ1) is 18.0. The fourth-order valence-corrected chi connectivity index (χ4v) is 6.43. The highest BCUT2D eigenvalue weighted by Gasteiger charge is 2.64. The molecule has 12 heteroatoms. The van der Waals surface area contributed by atoms with Crippen LogP contribution >= 0.6 is 11.8 Å². The van der Waals surface area contributed by atoms with Crippen molar-refractivity contribution < 1.29 is 33.8 Å². The topological polar surface area (TPSA) is 166 Å². The molecule has 2 aliphatic heterocycles. The van der Waals surface area contributed by atoms with Crippen LogP contribution in [-0.2, 0) is 14.4 Å². The number of benzene rings is 2. The molecule has 0 saturated carbocycles. The van der Waals surface area contributed by atoms with Crippen molar-refractivity contribution in [3.8, 4) is 5.75 Å². The number of rotatable bonds is 6. The van der Waals surface area contributed by atoms with E-state index in [9.17, 15) is 34.2 Å². The third-order valence-corrected chi connectivity index (χ3v) is 8.18. The predicted molar refractivity (Wildman–Crippen MR) is 136 cm³/mol. The van der Waals surface area contributed by atoms with Gasteiger partial charge < -0.3 is 30.2 Å². The standard InChI is InChI=1S/C26H23N3O8S/c1-26(2)19(24(34)35)29-22(33)18(23(29)38-26)28-21(32)17(12-6-4-3-5-7-12)27-20(31)15-11-13-10-14(30)8-9-16(13)37-25(15)36/h3-11,17-19,23,30H,1-2H3,(H,27,31)(H,28,32)(H,34,35)/t17?,18-,19+,23-/m1/s1. The summed E-state index contributed by atoms with van der Waals surface area (Å²) in [7, 11) is 0. The van der Waals surface area contributed by atoms with Crippen LogP contribution in [0, 0.1) is 0 Å². The number of amides is 3. The first-order valence-corrected chi connectivity index (χ1v) is 12.5. The van der Waals surface area contributed by atoms with E-state index in [1.54, 1.807) is 44.2 Å². The third-order valence-electron chi connectivity index (χ3n) is 6.60. The van der Waals surface area contributed by atoms with E-state index >= 15 is 0 Å². The zero-order valence-electron chi connectivity index (χ0n) is 20.2. The molecule has 2 aromatic carbocycles. The molecule has 5 rings (SSSR count). The molecule has 3 aromatic rings. The Morgan fingerprint density at radius 1 is 1.08 bits per heavy atom. The second-order valence-corrected chi connectivity index (χ2v) is 11.3. The van der Waals surface area contributed by atoms with E-state index in [1.165, 1.54) is 40.9 Å². The van der Waals surface area contributed by atoms with Crippen LogP contribution in [0.5, 0.6) is 5.75 Å². The van der Waals surface area contributed by atoms with Gasteiger partial charge in [-0.1, -0.05) is 30.3 Å². The zero-order valence-corrected chi connectivity index (χ0v) is 21.0. The van der Waals surface area contributed by atoms with E-state index in [4.69, 9.17) is 4.42 Å². The minimum absolute atomic E-state index is 0.0865. The van der Waals surface area contributed by atoms with Gasteiger partial charge in [-0.15, -0.1) is 11.8 Å². The van der Waals surface area contributed by atoms with Crippen LogP contribution in [0.4, 0.5) is 0 Å². The number of hydrogen-bond donors (Lipinski definition) is 4. The summed E-state index contributed by atoms with van der Waals surface area (Å²) in [6, 6.07) is 10.3. The number of nitrogens with zero attached hydrogens (tertiary/aromatic N) is 1. The van der Waals surface area contributed by atoms with Gasteiger partial charge in [-0.25, -0.2) is 9.59 Å². The van der Waals surface area contributed by atoms with Crippen LogP contribution < -0.4 is 16.3 Å². The number of fused-ring (bicyclic) bond motifs is 2. The summed E-state index contributed by atoms with van der Waals surface area (Å²) in [5, 5.41) is 24.3. The average molecular weight is 538 g/mol.